The largest absolute Gasteiger partial charge is 0.353 e. The fraction of sp³-hybridized carbons (Fsp3) is 0.727. The first-order valence-corrected chi connectivity index (χ1v) is 5.88. The lowest BCUT2D eigenvalue weighted by Gasteiger charge is -2.22. The highest BCUT2D eigenvalue weighted by Gasteiger charge is 2.13. The standard InChI is InChI=1S/C11H19N5/c1-8-9(2)15-16-11(14-8)13-7-10-4-3-5-12-6-10/h10,12H,3-7H2,1-2H3,(H,13,14,16). The molecule has 88 valence electrons. The summed E-state index contributed by atoms with van der Waals surface area (Å²) >= 11 is 0. The second-order valence-corrected chi connectivity index (χ2v) is 4.40. The highest BCUT2D eigenvalue weighted by molar-refractivity contribution is 5.24. The van der Waals surface area contributed by atoms with Crippen molar-refractivity contribution < 1.29 is 0 Å². The lowest BCUT2D eigenvalue weighted by molar-refractivity contribution is 0.392. The first-order chi connectivity index (χ1) is 7.75. The van der Waals surface area contributed by atoms with Crippen LogP contribution in [-0.2, 0) is 0 Å². The van der Waals surface area contributed by atoms with Crippen molar-refractivity contribution in [2.75, 3.05) is 25.0 Å². The first kappa shape index (κ1) is 11.3. The summed E-state index contributed by atoms with van der Waals surface area (Å²) in [7, 11) is 0. The van der Waals surface area contributed by atoms with Gasteiger partial charge in [-0.1, -0.05) is 0 Å². The minimum absolute atomic E-state index is 0.647. The Morgan fingerprint density at radius 1 is 1.31 bits per heavy atom. The SMILES string of the molecule is Cc1nnc(NCC2CCCNC2)nc1C. The number of anilines is 1. The first-order valence-electron chi connectivity index (χ1n) is 5.88. The van der Waals surface area contributed by atoms with E-state index in [0.29, 0.717) is 11.9 Å². The summed E-state index contributed by atoms with van der Waals surface area (Å²) < 4.78 is 0. The van der Waals surface area contributed by atoms with Gasteiger partial charge in [-0.3, -0.25) is 0 Å². The van der Waals surface area contributed by atoms with Crippen LogP contribution in [0.3, 0.4) is 0 Å². The van der Waals surface area contributed by atoms with E-state index in [1.807, 2.05) is 13.8 Å². The van der Waals surface area contributed by atoms with Gasteiger partial charge in [0.2, 0.25) is 5.95 Å². The van der Waals surface area contributed by atoms with Crippen LogP contribution in [0.15, 0.2) is 0 Å². The van der Waals surface area contributed by atoms with Crippen LogP contribution in [0.4, 0.5) is 5.95 Å². The number of piperidine rings is 1. The van der Waals surface area contributed by atoms with Gasteiger partial charge in [0, 0.05) is 6.54 Å². The predicted molar refractivity (Wildman–Crippen MR) is 63.4 cm³/mol. The fourth-order valence-electron chi connectivity index (χ4n) is 1.87. The van der Waals surface area contributed by atoms with Crippen molar-refractivity contribution in [3.05, 3.63) is 11.4 Å². The molecule has 0 aromatic carbocycles. The Kier molecular flexibility index (Phi) is 3.66. The molecular weight excluding hydrogens is 202 g/mol. The summed E-state index contributed by atoms with van der Waals surface area (Å²) in [6, 6.07) is 0. The van der Waals surface area contributed by atoms with E-state index in [2.05, 4.69) is 25.8 Å². The Bertz CT molecular complexity index is 346. The Balaban J connectivity index is 1.86. The average molecular weight is 221 g/mol. The molecule has 1 aliphatic heterocycles. The fourth-order valence-corrected chi connectivity index (χ4v) is 1.87. The molecule has 16 heavy (non-hydrogen) atoms. The van der Waals surface area contributed by atoms with Crippen molar-refractivity contribution >= 4 is 5.95 Å². The second-order valence-electron chi connectivity index (χ2n) is 4.40. The molecule has 0 saturated carbocycles. The van der Waals surface area contributed by atoms with Gasteiger partial charge in [0.1, 0.15) is 0 Å². The smallest absolute Gasteiger partial charge is 0.242 e. The van der Waals surface area contributed by atoms with Crippen LogP contribution in [-0.4, -0.2) is 34.8 Å². The zero-order valence-corrected chi connectivity index (χ0v) is 9.95. The topological polar surface area (TPSA) is 62.7 Å². The molecule has 0 spiro atoms. The molecule has 5 heteroatoms. The van der Waals surface area contributed by atoms with Crippen LogP contribution in [0.1, 0.15) is 24.2 Å². The van der Waals surface area contributed by atoms with Crippen molar-refractivity contribution in [3.63, 3.8) is 0 Å². The number of aromatic nitrogens is 3. The molecular formula is C11H19N5. The Labute approximate surface area is 96.1 Å². The zero-order chi connectivity index (χ0) is 11.4. The zero-order valence-electron chi connectivity index (χ0n) is 9.95. The molecule has 2 rings (SSSR count). The van der Waals surface area contributed by atoms with E-state index >= 15 is 0 Å². The quantitative estimate of drug-likeness (QED) is 0.794. The van der Waals surface area contributed by atoms with E-state index in [1.165, 1.54) is 12.8 Å². The van der Waals surface area contributed by atoms with Gasteiger partial charge in [-0.15, -0.1) is 5.10 Å². The van der Waals surface area contributed by atoms with Crippen molar-refractivity contribution in [2.24, 2.45) is 5.92 Å². The van der Waals surface area contributed by atoms with Gasteiger partial charge < -0.3 is 10.6 Å². The van der Waals surface area contributed by atoms with Gasteiger partial charge in [0.15, 0.2) is 0 Å². The minimum atomic E-state index is 0.647. The lowest BCUT2D eigenvalue weighted by atomic mass is 10.00. The van der Waals surface area contributed by atoms with E-state index < -0.39 is 0 Å². The van der Waals surface area contributed by atoms with E-state index in [4.69, 9.17) is 0 Å². The molecule has 0 aliphatic carbocycles. The van der Waals surface area contributed by atoms with Crippen molar-refractivity contribution in [1.29, 1.82) is 0 Å². The third-order valence-corrected chi connectivity index (χ3v) is 3.04. The molecule has 2 heterocycles. The monoisotopic (exact) mass is 221 g/mol. The number of nitrogens with zero attached hydrogens (tertiary/aromatic N) is 3. The third-order valence-electron chi connectivity index (χ3n) is 3.04. The maximum atomic E-state index is 4.35. The molecule has 1 aromatic rings. The molecule has 1 atom stereocenters. The van der Waals surface area contributed by atoms with Gasteiger partial charge in [0.05, 0.1) is 11.4 Å². The molecule has 0 amide bonds. The van der Waals surface area contributed by atoms with E-state index in [1.54, 1.807) is 0 Å². The maximum absolute atomic E-state index is 4.35. The summed E-state index contributed by atoms with van der Waals surface area (Å²) in [5.41, 5.74) is 1.84. The number of hydrogen-bond donors (Lipinski definition) is 2. The van der Waals surface area contributed by atoms with E-state index in [9.17, 15) is 0 Å². The number of nitrogens with one attached hydrogen (secondary N) is 2. The Morgan fingerprint density at radius 3 is 2.88 bits per heavy atom. The Hall–Kier alpha value is -1.23. The second kappa shape index (κ2) is 5.21. The van der Waals surface area contributed by atoms with Crippen LogP contribution in [0.5, 0.6) is 0 Å². The highest BCUT2D eigenvalue weighted by Crippen LogP contribution is 2.10. The van der Waals surface area contributed by atoms with Gasteiger partial charge >= 0.3 is 0 Å². The molecule has 5 nitrogen and oxygen atoms in total. The van der Waals surface area contributed by atoms with Gasteiger partial charge in [0.25, 0.3) is 0 Å². The third kappa shape index (κ3) is 2.88. The molecule has 2 N–H and O–H groups in total. The lowest BCUT2D eigenvalue weighted by Crippen LogP contribution is -2.33. The van der Waals surface area contributed by atoms with E-state index in [0.717, 1.165) is 31.0 Å². The Morgan fingerprint density at radius 2 is 2.19 bits per heavy atom. The molecule has 1 unspecified atom stereocenters. The van der Waals surface area contributed by atoms with Crippen LogP contribution in [0, 0.1) is 19.8 Å². The number of rotatable bonds is 3. The van der Waals surface area contributed by atoms with Gasteiger partial charge in [-0.25, -0.2) is 4.98 Å². The maximum Gasteiger partial charge on any atom is 0.242 e. The molecule has 0 radical (unpaired) electrons. The number of aryl methyl sites for hydroxylation is 2. The van der Waals surface area contributed by atoms with Crippen molar-refractivity contribution in [3.8, 4) is 0 Å². The molecule has 1 saturated heterocycles. The molecule has 1 aromatic heterocycles. The summed E-state index contributed by atoms with van der Waals surface area (Å²) in [6.45, 7) is 7.04. The van der Waals surface area contributed by atoms with Crippen LogP contribution in [0.2, 0.25) is 0 Å². The summed E-state index contributed by atoms with van der Waals surface area (Å²) in [5.74, 6) is 1.33. The van der Waals surface area contributed by atoms with Crippen LogP contribution in [0.25, 0.3) is 0 Å². The summed E-state index contributed by atoms with van der Waals surface area (Å²) in [4.78, 5) is 4.35. The van der Waals surface area contributed by atoms with Crippen molar-refractivity contribution in [1.82, 2.24) is 20.5 Å². The van der Waals surface area contributed by atoms with Crippen molar-refractivity contribution in [2.45, 2.75) is 26.7 Å². The van der Waals surface area contributed by atoms with Gasteiger partial charge in [-0.05, 0) is 45.7 Å². The average Bonchev–Trinajstić information content (AvgIpc) is 2.32. The van der Waals surface area contributed by atoms with Crippen LogP contribution >= 0.6 is 0 Å². The van der Waals surface area contributed by atoms with Crippen LogP contribution < -0.4 is 10.6 Å². The highest BCUT2D eigenvalue weighted by atomic mass is 15.2. The van der Waals surface area contributed by atoms with E-state index in [-0.39, 0.29) is 0 Å². The normalized spacial score (nSPS) is 20.8. The molecule has 1 fully saturated rings. The number of hydrogen-bond acceptors (Lipinski definition) is 5. The molecule has 0 bridgehead atoms. The summed E-state index contributed by atoms with van der Waals surface area (Å²) in [5, 5.41) is 14.7. The summed E-state index contributed by atoms with van der Waals surface area (Å²) in [6.07, 6.45) is 2.54. The minimum Gasteiger partial charge on any atom is -0.353 e. The molecule has 1 aliphatic rings. The predicted octanol–water partition coefficient (Wildman–Crippen LogP) is 0.900. The van der Waals surface area contributed by atoms with Gasteiger partial charge in [-0.2, -0.15) is 5.10 Å².